The van der Waals surface area contributed by atoms with E-state index in [9.17, 15) is 39.3 Å². The number of Topliss-reactive ketones (excluding diaryl/α,β-unsaturated/α-hetero) is 1. The average Bonchev–Trinajstić information content (AvgIpc) is 3.16. The summed E-state index contributed by atoms with van der Waals surface area (Å²) in [4.78, 5) is 66.2. The zero-order valence-electron chi connectivity index (χ0n) is 20.7. The predicted molar refractivity (Wildman–Crippen MR) is 137 cm³/mol. The van der Waals surface area contributed by atoms with E-state index in [0.717, 1.165) is 22.6 Å². The molecule has 1 heterocycles. The van der Waals surface area contributed by atoms with Crippen molar-refractivity contribution in [3.05, 3.63) is 88.0 Å². The van der Waals surface area contributed by atoms with Crippen LogP contribution in [-0.2, 0) is 19.2 Å². The summed E-state index contributed by atoms with van der Waals surface area (Å²) in [5, 5.41) is 29.3. The number of hydrogen-bond acceptors (Lipinski definition) is 7. The number of fused-ring (bicyclic) bond motifs is 3. The van der Waals surface area contributed by atoms with Crippen LogP contribution in [0.4, 0.5) is 5.69 Å². The lowest BCUT2D eigenvalue weighted by atomic mass is 9.59. The molecule has 39 heavy (non-hydrogen) atoms. The van der Waals surface area contributed by atoms with Crippen molar-refractivity contribution in [2.45, 2.75) is 25.7 Å². The lowest BCUT2D eigenvalue weighted by Gasteiger charge is -2.42. The smallest absolute Gasteiger partial charge is 0.339 e. The Morgan fingerprint density at radius 2 is 1.67 bits per heavy atom. The van der Waals surface area contributed by atoms with Gasteiger partial charge in [0.05, 0.1) is 17.5 Å². The van der Waals surface area contributed by atoms with Crippen LogP contribution in [0.3, 0.4) is 0 Å². The van der Waals surface area contributed by atoms with Gasteiger partial charge in [0.2, 0.25) is 11.8 Å². The van der Waals surface area contributed by atoms with Crippen LogP contribution in [0.2, 0.25) is 0 Å². The van der Waals surface area contributed by atoms with Crippen molar-refractivity contribution in [2.24, 2.45) is 17.8 Å². The number of carboxylic acids is 1. The number of anilines is 1. The number of carbonyl (C=O) groups is 5. The Kier molecular flexibility index (Phi) is 5.43. The second-order valence-electron chi connectivity index (χ2n) is 10.3. The molecule has 6 rings (SSSR count). The summed E-state index contributed by atoms with van der Waals surface area (Å²) in [6, 6.07) is 9.91. The number of nitrogens with zero attached hydrogens (tertiary/aromatic N) is 1. The Balaban J connectivity index is 1.45. The third-order valence-electron chi connectivity index (χ3n) is 8.26. The molecular weight excluding hydrogens is 502 g/mol. The molecule has 196 valence electrons. The molecule has 2 aromatic rings. The van der Waals surface area contributed by atoms with Gasteiger partial charge in [0.1, 0.15) is 17.1 Å². The van der Waals surface area contributed by atoms with Crippen molar-refractivity contribution in [3.8, 4) is 11.5 Å². The number of benzene rings is 2. The number of amides is 2. The molecule has 2 amide bonds. The Morgan fingerprint density at radius 1 is 0.949 bits per heavy atom. The fraction of sp³-hybridized carbons (Fsp3) is 0.233. The van der Waals surface area contributed by atoms with E-state index in [1.165, 1.54) is 24.3 Å². The molecule has 0 aromatic heterocycles. The molecule has 0 saturated carbocycles. The summed E-state index contributed by atoms with van der Waals surface area (Å²) in [5.74, 6) is -6.03. The van der Waals surface area contributed by atoms with Crippen LogP contribution in [0.1, 0.15) is 41.6 Å². The molecule has 9 heteroatoms. The van der Waals surface area contributed by atoms with Gasteiger partial charge in [-0.1, -0.05) is 23.8 Å². The van der Waals surface area contributed by atoms with E-state index in [1.54, 1.807) is 19.1 Å². The summed E-state index contributed by atoms with van der Waals surface area (Å²) in [6.07, 6.45) is 3.56. The molecule has 0 bridgehead atoms. The number of rotatable bonds is 3. The Hall–Kier alpha value is -4.79. The Bertz CT molecular complexity index is 1610. The second-order valence-corrected chi connectivity index (χ2v) is 10.3. The van der Waals surface area contributed by atoms with E-state index >= 15 is 0 Å². The van der Waals surface area contributed by atoms with Crippen LogP contribution in [0.5, 0.6) is 11.5 Å². The monoisotopic (exact) mass is 525 g/mol. The van der Waals surface area contributed by atoms with Crippen LogP contribution < -0.4 is 4.90 Å². The first-order chi connectivity index (χ1) is 18.6. The van der Waals surface area contributed by atoms with E-state index in [4.69, 9.17) is 0 Å². The first-order valence-corrected chi connectivity index (χ1v) is 12.5. The van der Waals surface area contributed by atoms with Crippen LogP contribution in [-0.4, -0.2) is 44.7 Å². The van der Waals surface area contributed by atoms with E-state index in [0.29, 0.717) is 22.3 Å². The summed E-state index contributed by atoms with van der Waals surface area (Å²) >= 11 is 0. The van der Waals surface area contributed by atoms with Crippen molar-refractivity contribution >= 4 is 35.0 Å². The fourth-order valence-corrected chi connectivity index (χ4v) is 6.50. The summed E-state index contributed by atoms with van der Waals surface area (Å²) in [6.45, 7) is 1.59. The van der Waals surface area contributed by atoms with E-state index < -0.39 is 47.2 Å². The number of carboxylic acid groups (broad SMARTS) is 1. The first kappa shape index (κ1) is 24.5. The molecule has 0 unspecified atom stereocenters. The second kappa shape index (κ2) is 8.62. The molecule has 9 nitrogen and oxygen atoms in total. The molecular formula is C30H23NO8. The van der Waals surface area contributed by atoms with E-state index in [2.05, 4.69) is 0 Å². The van der Waals surface area contributed by atoms with Crippen LogP contribution in [0.25, 0.3) is 0 Å². The lowest BCUT2D eigenvalue weighted by molar-refractivity contribution is -0.123. The maximum atomic E-state index is 13.8. The van der Waals surface area contributed by atoms with Gasteiger partial charge in [-0.3, -0.25) is 19.2 Å². The number of phenols is 2. The van der Waals surface area contributed by atoms with E-state index in [-0.39, 0.29) is 41.4 Å². The summed E-state index contributed by atoms with van der Waals surface area (Å²) in [5.41, 5.74) is 2.21. The van der Waals surface area contributed by atoms with Gasteiger partial charge in [-0.05, 0) is 61.6 Å². The highest BCUT2D eigenvalue weighted by atomic mass is 16.4. The first-order valence-electron chi connectivity index (χ1n) is 12.5. The number of aromatic carboxylic acids is 1. The van der Waals surface area contributed by atoms with Gasteiger partial charge in [0, 0.05) is 28.7 Å². The highest BCUT2D eigenvalue weighted by Crippen LogP contribution is 2.55. The highest BCUT2D eigenvalue weighted by Gasteiger charge is 2.56. The zero-order chi connectivity index (χ0) is 27.7. The number of imide groups is 1. The van der Waals surface area contributed by atoms with Crippen LogP contribution >= 0.6 is 0 Å². The largest absolute Gasteiger partial charge is 0.508 e. The average molecular weight is 526 g/mol. The van der Waals surface area contributed by atoms with Crippen LogP contribution in [0.15, 0.2) is 76.9 Å². The maximum Gasteiger partial charge on any atom is 0.339 e. The van der Waals surface area contributed by atoms with Gasteiger partial charge in [-0.25, -0.2) is 9.69 Å². The molecule has 4 aliphatic rings. The minimum absolute atomic E-state index is 0.0458. The van der Waals surface area contributed by atoms with Crippen molar-refractivity contribution in [1.29, 1.82) is 0 Å². The van der Waals surface area contributed by atoms with Crippen molar-refractivity contribution < 1.29 is 39.3 Å². The molecule has 1 saturated heterocycles. The standard InChI is InChI=1S/C30H23NO8/c1-13-10-22(33)21-12-20-17(24(26(21)27(13)35)14-2-5-16(32)6-3-14)8-9-19-25(20)29(37)31(28(19)36)15-4-7-18(30(38)39)23(34)11-15/h2-8,10-11,19-20,24-25,32,34H,9,12H2,1H3,(H,38,39)/t19-,20+,24-,25-/m0/s1. The SMILES string of the molecule is CC1=CC(=O)C2=C(C1=O)[C@@H](c1ccc(O)cc1)C1=CC[C@@H]3C(=O)N(c4ccc(C(=O)O)c(O)c4)C(=O)[C@@H]3[C@@H]1C2. The highest BCUT2D eigenvalue weighted by molar-refractivity contribution is 6.25. The molecule has 1 fully saturated rings. The van der Waals surface area contributed by atoms with Crippen LogP contribution in [0, 0.1) is 17.8 Å². The molecule has 0 radical (unpaired) electrons. The molecule has 2 aromatic carbocycles. The minimum Gasteiger partial charge on any atom is -0.508 e. The molecule has 0 spiro atoms. The van der Waals surface area contributed by atoms with Crippen molar-refractivity contribution in [3.63, 3.8) is 0 Å². The number of phenolic OH excluding ortho intramolecular Hbond substituents is 1. The third-order valence-corrected chi connectivity index (χ3v) is 8.26. The third kappa shape index (κ3) is 3.57. The fourth-order valence-electron chi connectivity index (χ4n) is 6.50. The maximum absolute atomic E-state index is 13.8. The summed E-state index contributed by atoms with van der Waals surface area (Å²) in [7, 11) is 0. The van der Waals surface area contributed by atoms with Gasteiger partial charge in [-0.15, -0.1) is 0 Å². The number of aromatic hydroxyl groups is 2. The number of ketones is 2. The number of carbonyl (C=O) groups excluding carboxylic acids is 4. The summed E-state index contributed by atoms with van der Waals surface area (Å²) < 4.78 is 0. The predicted octanol–water partition coefficient (Wildman–Crippen LogP) is 3.43. The van der Waals surface area contributed by atoms with Crippen molar-refractivity contribution in [2.75, 3.05) is 4.90 Å². The Morgan fingerprint density at radius 3 is 2.33 bits per heavy atom. The van der Waals surface area contributed by atoms with E-state index in [1.807, 2.05) is 6.08 Å². The topological polar surface area (TPSA) is 149 Å². The number of allylic oxidation sites excluding steroid dienone is 6. The molecule has 1 aliphatic heterocycles. The lowest BCUT2D eigenvalue weighted by Crippen LogP contribution is -2.39. The quantitative estimate of drug-likeness (QED) is 0.314. The van der Waals surface area contributed by atoms with Gasteiger partial charge in [-0.2, -0.15) is 0 Å². The minimum atomic E-state index is -1.34. The number of hydrogen-bond donors (Lipinski definition) is 3. The molecule has 3 aliphatic carbocycles. The van der Waals surface area contributed by atoms with Gasteiger partial charge >= 0.3 is 5.97 Å². The van der Waals surface area contributed by atoms with Gasteiger partial charge < -0.3 is 15.3 Å². The zero-order valence-corrected chi connectivity index (χ0v) is 20.7. The molecule has 4 atom stereocenters. The van der Waals surface area contributed by atoms with Gasteiger partial charge in [0.25, 0.3) is 0 Å². The van der Waals surface area contributed by atoms with Gasteiger partial charge in [0.15, 0.2) is 11.6 Å². The van der Waals surface area contributed by atoms with Crippen molar-refractivity contribution in [1.82, 2.24) is 0 Å². The molecule has 3 N–H and O–H groups in total. The normalized spacial score (nSPS) is 26.1. The Labute approximate surface area is 222 Å².